The zero-order chi connectivity index (χ0) is 15.2. The SMILES string of the molecule is O=C(NCCC(=O)N1CCOCC1)c1cccc(F)c1Br. The number of nitrogens with zero attached hydrogens (tertiary/aromatic N) is 1. The molecule has 1 saturated heterocycles. The Bertz CT molecular complexity index is 533. The number of carbonyl (C=O) groups excluding carboxylic acids is 2. The molecule has 1 aliphatic heterocycles. The van der Waals surface area contributed by atoms with Crippen LogP contribution >= 0.6 is 15.9 Å². The standard InChI is InChI=1S/C14H16BrFN2O3/c15-13-10(2-1-3-11(13)16)14(20)17-5-4-12(19)18-6-8-21-9-7-18/h1-3H,4-9H2,(H,17,20). The van der Waals surface area contributed by atoms with Crippen LogP contribution in [0.2, 0.25) is 0 Å². The summed E-state index contributed by atoms with van der Waals surface area (Å²) in [6.45, 7) is 2.49. The van der Waals surface area contributed by atoms with Gasteiger partial charge in [0.1, 0.15) is 5.82 Å². The quantitative estimate of drug-likeness (QED) is 0.888. The van der Waals surface area contributed by atoms with E-state index in [0.717, 1.165) is 0 Å². The summed E-state index contributed by atoms with van der Waals surface area (Å²) in [5, 5.41) is 2.62. The highest BCUT2D eigenvalue weighted by Crippen LogP contribution is 2.20. The van der Waals surface area contributed by atoms with Crippen LogP contribution in [0.3, 0.4) is 0 Å². The Morgan fingerprint density at radius 2 is 2.05 bits per heavy atom. The van der Waals surface area contributed by atoms with Crippen LogP contribution in [0.25, 0.3) is 0 Å². The van der Waals surface area contributed by atoms with Gasteiger partial charge in [-0.25, -0.2) is 4.39 Å². The number of ether oxygens (including phenoxy) is 1. The van der Waals surface area contributed by atoms with Gasteiger partial charge in [-0.1, -0.05) is 6.07 Å². The van der Waals surface area contributed by atoms with Crippen molar-refractivity contribution in [3.63, 3.8) is 0 Å². The molecule has 1 aromatic rings. The maximum absolute atomic E-state index is 13.3. The van der Waals surface area contributed by atoms with E-state index in [9.17, 15) is 14.0 Å². The van der Waals surface area contributed by atoms with E-state index in [0.29, 0.717) is 26.3 Å². The van der Waals surface area contributed by atoms with Crippen molar-refractivity contribution in [3.05, 3.63) is 34.1 Å². The Morgan fingerprint density at radius 1 is 1.33 bits per heavy atom. The number of benzene rings is 1. The summed E-state index contributed by atoms with van der Waals surface area (Å²) in [5.74, 6) is -0.917. The molecular formula is C14H16BrFN2O3. The van der Waals surface area contributed by atoms with Crippen LogP contribution in [0.5, 0.6) is 0 Å². The number of amides is 2. The molecule has 7 heteroatoms. The maximum atomic E-state index is 13.3. The molecule has 2 amide bonds. The molecule has 1 N–H and O–H groups in total. The van der Waals surface area contributed by atoms with E-state index in [1.54, 1.807) is 4.90 Å². The zero-order valence-corrected chi connectivity index (χ0v) is 13.0. The molecule has 0 spiro atoms. The van der Waals surface area contributed by atoms with Crippen LogP contribution < -0.4 is 5.32 Å². The summed E-state index contributed by atoms with van der Waals surface area (Å²) >= 11 is 3.04. The van der Waals surface area contributed by atoms with Gasteiger partial charge < -0.3 is 15.0 Å². The summed E-state index contributed by atoms with van der Waals surface area (Å²) in [7, 11) is 0. The van der Waals surface area contributed by atoms with E-state index in [4.69, 9.17) is 4.74 Å². The van der Waals surface area contributed by atoms with Gasteiger partial charge >= 0.3 is 0 Å². The molecule has 1 fully saturated rings. The van der Waals surface area contributed by atoms with Crippen LogP contribution in [0, 0.1) is 5.82 Å². The Labute approximate surface area is 130 Å². The Balaban J connectivity index is 1.81. The maximum Gasteiger partial charge on any atom is 0.252 e. The molecule has 0 saturated carbocycles. The largest absolute Gasteiger partial charge is 0.378 e. The van der Waals surface area contributed by atoms with Gasteiger partial charge in [-0.3, -0.25) is 9.59 Å². The number of halogens is 2. The van der Waals surface area contributed by atoms with E-state index in [1.165, 1.54) is 18.2 Å². The molecule has 0 bridgehead atoms. The van der Waals surface area contributed by atoms with Crippen molar-refractivity contribution in [1.29, 1.82) is 0 Å². The molecule has 1 aliphatic rings. The van der Waals surface area contributed by atoms with Gasteiger partial charge in [0.25, 0.3) is 5.91 Å². The second kappa shape index (κ2) is 7.51. The molecule has 5 nitrogen and oxygen atoms in total. The van der Waals surface area contributed by atoms with Crippen LogP contribution in [0.1, 0.15) is 16.8 Å². The van der Waals surface area contributed by atoms with Crippen LogP contribution in [-0.4, -0.2) is 49.6 Å². The van der Waals surface area contributed by atoms with Gasteiger partial charge in [-0.15, -0.1) is 0 Å². The monoisotopic (exact) mass is 358 g/mol. The highest BCUT2D eigenvalue weighted by molar-refractivity contribution is 9.10. The molecule has 0 aliphatic carbocycles. The molecule has 2 rings (SSSR count). The smallest absolute Gasteiger partial charge is 0.252 e. The van der Waals surface area contributed by atoms with Gasteiger partial charge in [-0.05, 0) is 28.1 Å². The van der Waals surface area contributed by atoms with Crippen molar-refractivity contribution in [2.45, 2.75) is 6.42 Å². The minimum Gasteiger partial charge on any atom is -0.378 e. The highest BCUT2D eigenvalue weighted by atomic mass is 79.9. The van der Waals surface area contributed by atoms with Crippen LogP contribution in [-0.2, 0) is 9.53 Å². The first-order chi connectivity index (χ1) is 10.1. The number of carbonyl (C=O) groups is 2. The van der Waals surface area contributed by atoms with Crippen molar-refractivity contribution in [2.24, 2.45) is 0 Å². The van der Waals surface area contributed by atoms with E-state index >= 15 is 0 Å². The molecule has 1 aromatic carbocycles. The molecular weight excluding hydrogens is 343 g/mol. The second-order valence-electron chi connectivity index (χ2n) is 4.60. The summed E-state index contributed by atoms with van der Waals surface area (Å²) in [5.41, 5.74) is 0.217. The average Bonchev–Trinajstić information content (AvgIpc) is 2.50. The third-order valence-corrected chi connectivity index (χ3v) is 3.99. The van der Waals surface area contributed by atoms with E-state index in [2.05, 4.69) is 21.2 Å². The Hall–Kier alpha value is -1.47. The third-order valence-electron chi connectivity index (χ3n) is 3.18. The highest BCUT2D eigenvalue weighted by Gasteiger charge is 2.17. The number of hydrogen-bond acceptors (Lipinski definition) is 3. The first kappa shape index (κ1) is 15.9. The van der Waals surface area contributed by atoms with Gasteiger partial charge in [-0.2, -0.15) is 0 Å². The van der Waals surface area contributed by atoms with Crippen molar-refractivity contribution in [2.75, 3.05) is 32.8 Å². The van der Waals surface area contributed by atoms with Gasteiger partial charge in [0.05, 0.1) is 23.2 Å². The minimum atomic E-state index is -0.493. The van der Waals surface area contributed by atoms with Crippen molar-refractivity contribution in [1.82, 2.24) is 10.2 Å². The van der Waals surface area contributed by atoms with Gasteiger partial charge in [0.2, 0.25) is 5.91 Å². The molecule has 114 valence electrons. The molecule has 0 atom stereocenters. The summed E-state index contributed by atoms with van der Waals surface area (Å²) in [4.78, 5) is 25.5. The van der Waals surface area contributed by atoms with Crippen LogP contribution in [0.15, 0.2) is 22.7 Å². The van der Waals surface area contributed by atoms with Crippen LogP contribution in [0.4, 0.5) is 4.39 Å². The fourth-order valence-electron chi connectivity index (χ4n) is 2.03. The summed E-state index contributed by atoms with van der Waals surface area (Å²) in [6.07, 6.45) is 0.221. The van der Waals surface area contributed by atoms with Gasteiger partial charge in [0, 0.05) is 26.1 Å². The van der Waals surface area contributed by atoms with Crippen molar-refractivity contribution < 1.29 is 18.7 Å². The van der Waals surface area contributed by atoms with E-state index < -0.39 is 11.7 Å². The minimum absolute atomic E-state index is 0.0168. The van der Waals surface area contributed by atoms with Gasteiger partial charge in [0.15, 0.2) is 0 Å². The topological polar surface area (TPSA) is 58.6 Å². The van der Waals surface area contributed by atoms with E-state index in [-0.39, 0.29) is 28.9 Å². The molecule has 21 heavy (non-hydrogen) atoms. The number of morpholine rings is 1. The lowest BCUT2D eigenvalue weighted by atomic mass is 10.2. The Kier molecular flexibility index (Phi) is 5.69. The molecule has 0 radical (unpaired) electrons. The lowest BCUT2D eigenvalue weighted by Crippen LogP contribution is -2.42. The average molecular weight is 359 g/mol. The first-order valence-electron chi connectivity index (χ1n) is 6.67. The Morgan fingerprint density at radius 3 is 2.76 bits per heavy atom. The number of rotatable bonds is 4. The molecule has 1 heterocycles. The fraction of sp³-hybridized carbons (Fsp3) is 0.429. The number of nitrogens with one attached hydrogen (secondary N) is 1. The number of hydrogen-bond donors (Lipinski definition) is 1. The summed E-state index contributed by atoms with van der Waals surface area (Å²) in [6, 6.07) is 4.25. The van der Waals surface area contributed by atoms with Crippen molar-refractivity contribution >= 4 is 27.7 Å². The van der Waals surface area contributed by atoms with Crippen molar-refractivity contribution in [3.8, 4) is 0 Å². The first-order valence-corrected chi connectivity index (χ1v) is 7.46. The second-order valence-corrected chi connectivity index (χ2v) is 5.39. The lowest BCUT2D eigenvalue weighted by molar-refractivity contribution is -0.135. The normalized spacial score (nSPS) is 14.9. The fourth-order valence-corrected chi connectivity index (χ4v) is 2.47. The summed E-state index contributed by atoms with van der Waals surface area (Å²) < 4.78 is 18.6. The molecule has 0 aromatic heterocycles. The predicted molar refractivity (Wildman–Crippen MR) is 78.4 cm³/mol. The zero-order valence-electron chi connectivity index (χ0n) is 11.4. The molecule has 0 unspecified atom stereocenters. The van der Waals surface area contributed by atoms with E-state index in [1.807, 2.05) is 0 Å². The lowest BCUT2D eigenvalue weighted by Gasteiger charge is -2.26. The third kappa shape index (κ3) is 4.25. The predicted octanol–water partition coefficient (Wildman–Crippen LogP) is 1.57.